The van der Waals surface area contributed by atoms with Gasteiger partial charge in [0.15, 0.2) is 11.7 Å². The lowest BCUT2D eigenvalue weighted by molar-refractivity contribution is -0.274. The summed E-state index contributed by atoms with van der Waals surface area (Å²) < 4.78 is 47.7. The number of aromatic nitrogens is 1. The SMILES string of the molecule is CCN(CC)c1cc2c(cc1C(=O)OCC(=O)N(C)C)NC(Nc1nc3ccc(OC(F)(F)F)cc3s1)(C(N)=O)N2C. The molecule has 0 bridgehead atoms. The number of halogens is 3. The Labute approximate surface area is 243 Å². The number of amides is 2. The van der Waals surface area contributed by atoms with Crippen molar-refractivity contribution in [3.05, 3.63) is 35.9 Å². The van der Waals surface area contributed by atoms with Gasteiger partial charge in [-0.2, -0.15) is 0 Å². The Morgan fingerprint density at radius 3 is 2.45 bits per heavy atom. The van der Waals surface area contributed by atoms with Crippen LogP contribution in [0.2, 0.25) is 0 Å². The smallest absolute Gasteiger partial charge is 0.452 e. The van der Waals surface area contributed by atoms with E-state index in [9.17, 15) is 27.6 Å². The van der Waals surface area contributed by atoms with Crippen LogP contribution in [-0.2, 0) is 14.3 Å². The van der Waals surface area contributed by atoms with Gasteiger partial charge in [0.1, 0.15) is 5.75 Å². The predicted octanol–water partition coefficient (Wildman–Crippen LogP) is 3.40. The number of primary amides is 1. The summed E-state index contributed by atoms with van der Waals surface area (Å²) >= 11 is 0.994. The van der Waals surface area contributed by atoms with Crippen molar-refractivity contribution in [2.45, 2.75) is 26.0 Å². The van der Waals surface area contributed by atoms with Gasteiger partial charge in [-0.05, 0) is 38.1 Å². The molecule has 1 aliphatic heterocycles. The Kier molecular flexibility index (Phi) is 8.29. The highest BCUT2D eigenvalue weighted by Gasteiger charge is 2.48. The van der Waals surface area contributed by atoms with E-state index in [4.69, 9.17) is 10.5 Å². The molecular weight excluding hydrogens is 579 g/mol. The van der Waals surface area contributed by atoms with Crippen molar-refractivity contribution in [3.63, 3.8) is 0 Å². The zero-order chi connectivity index (χ0) is 31.0. The summed E-state index contributed by atoms with van der Waals surface area (Å²) in [5.74, 6) is -4.13. The van der Waals surface area contributed by atoms with Gasteiger partial charge < -0.3 is 40.5 Å². The van der Waals surface area contributed by atoms with E-state index < -0.39 is 42.3 Å². The van der Waals surface area contributed by atoms with Gasteiger partial charge in [0.25, 0.3) is 17.6 Å². The molecule has 0 saturated heterocycles. The summed E-state index contributed by atoms with van der Waals surface area (Å²) in [5.41, 5.74) is 7.83. The van der Waals surface area contributed by atoms with Crippen LogP contribution in [0.15, 0.2) is 30.3 Å². The normalized spacial score (nSPS) is 16.0. The zero-order valence-corrected chi connectivity index (χ0v) is 24.3. The number of fused-ring (bicyclic) bond motifs is 2. The molecule has 0 radical (unpaired) electrons. The lowest BCUT2D eigenvalue weighted by atomic mass is 10.1. The van der Waals surface area contributed by atoms with Crippen LogP contribution in [0, 0.1) is 0 Å². The average Bonchev–Trinajstić information content (AvgIpc) is 3.44. The molecule has 2 amide bonds. The van der Waals surface area contributed by atoms with Gasteiger partial charge in [-0.25, -0.2) is 9.78 Å². The quantitative estimate of drug-likeness (QED) is 0.293. The lowest BCUT2D eigenvalue weighted by Gasteiger charge is -2.35. The fraction of sp³-hybridized carbons (Fsp3) is 0.385. The third-order valence-corrected chi connectivity index (χ3v) is 7.62. The third kappa shape index (κ3) is 5.93. The number of likely N-dealkylation sites (N-methyl/N-ethyl adjacent to an activating group) is 2. The summed E-state index contributed by atoms with van der Waals surface area (Å²) in [5, 5.41) is 6.22. The van der Waals surface area contributed by atoms with Crippen molar-refractivity contribution >= 4 is 61.5 Å². The molecule has 12 nitrogen and oxygen atoms in total. The van der Waals surface area contributed by atoms with Gasteiger partial charge in [0.05, 0.1) is 32.8 Å². The number of carbonyl (C=O) groups is 3. The molecule has 1 unspecified atom stereocenters. The minimum atomic E-state index is -4.85. The first-order valence-electron chi connectivity index (χ1n) is 12.8. The van der Waals surface area contributed by atoms with E-state index in [2.05, 4.69) is 20.4 Å². The standard InChI is InChI=1S/C26H30F3N7O5S/c1-6-36(7-2)18-12-19-17(11-15(18)22(38)40-13-21(37)34(3)4)32-25(23(30)39,35(19)5)33-24-31-16-9-8-14(10-20(16)42-24)41-26(27,28)29/h8-12,32H,6-7,13H2,1-5H3,(H2,30,39)(H,31,33). The number of hydrogen-bond donors (Lipinski definition) is 3. The Morgan fingerprint density at radius 2 is 1.86 bits per heavy atom. The van der Waals surface area contributed by atoms with E-state index in [1.165, 1.54) is 23.1 Å². The van der Waals surface area contributed by atoms with Crippen LogP contribution in [0.4, 0.5) is 35.4 Å². The Morgan fingerprint density at radius 1 is 1.17 bits per heavy atom. The fourth-order valence-electron chi connectivity index (χ4n) is 4.45. The predicted molar refractivity (Wildman–Crippen MR) is 153 cm³/mol. The van der Waals surface area contributed by atoms with Crippen LogP contribution in [0.3, 0.4) is 0 Å². The second-order valence-corrected chi connectivity index (χ2v) is 10.5. The highest BCUT2D eigenvalue weighted by molar-refractivity contribution is 7.22. The number of esters is 1. The summed E-state index contributed by atoms with van der Waals surface area (Å²) in [6.07, 6.45) is -4.85. The summed E-state index contributed by atoms with van der Waals surface area (Å²) in [6, 6.07) is 6.93. The maximum Gasteiger partial charge on any atom is 0.573 e. The molecule has 1 aliphatic rings. The molecule has 2 aromatic carbocycles. The molecule has 42 heavy (non-hydrogen) atoms. The van der Waals surface area contributed by atoms with E-state index in [0.717, 1.165) is 17.4 Å². The number of alkyl halides is 3. The van der Waals surface area contributed by atoms with Crippen molar-refractivity contribution < 1.29 is 37.0 Å². The number of hydrogen-bond acceptors (Lipinski definition) is 11. The first-order chi connectivity index (χ1) is 19.7. The summed E-state index contributed by atoms with van der Waals surface area (Å²) in [4.78, 5) is 47.3. The zero-order valence-electron chi connectivity index (χ0n) is 23.5. The molecule has 16 heteroatoms. The lowest BCUT2D eigenvalue weighted by Crippen LogP contribution is -2.64. The number of rotatable bonds is 10. The van der Waals surface area contributed by atoms with E-state index in [-0.39, 0.29) is 10.7 Å². The molecule has 1 aromatic heterocycles. The van der Waals surface area contributed by atoms with Gasteiger partial charge in [-0.3, -0.25) is 9.59 Å². The molecule has 226 valence electrons. The number of benzene rings is 2. The molecule has 0 spiro atoms. The first-order valence-corrected chi connectivity index (χ1v) is 13.6. The molecule has 4 N–H and O–H groups in total. The number of ether oxygens (including phenoxy) is 2. The van der Waals surface area contributed by atoms with Crippen molar-refractivity contribution in [1.82, 2.24) is 9.88 Å². The van der Waals surface area contributed by atoms with Crippen LogP contribution in [0.1, 0.15) is 24.2 Å². The van der Waals surface area contributed by atoms with Crippen LogP contribution in [0.25, 0.3) is 10.2 Å². The molecular formula is C26H30F3N7O5S. The van der Waals surface area contributed by atoms with Crippen molar-refractivity contribution in [2.75, 3.05) is 61.3 Å². The molecule has 0 fully saturated rings. The summed E-state index contributed by atoms with van der Waals surface area (Å²) in [7, 11) is 4.70. The Balaban J connectivity index is 1.70. The highest BCUT2D eigenvalue weighted by Crippen LogP contribution is 2.44. The number of carbonyl (C=O) groups excluding carboxylic acids is 3. The van der Waals surface area contributed by atoms with Crippen LogP contribution < -0.4 is 30.9 Å². The maximum atomic E-state index is 13.2. The van der Waals surface area contributed by atoms with Crippen LogP contribution >= 0.6 is 11.3 Å². The maximum absolute atomic E-state index is 13.2. The Bertz CT molecular complexity index is 1530. The second-order valence-electron chi connectivity index (χ2n) is 9.50. The number of anilines is 4. The van der Waals surface area contributed by atoms with E-state index in [0.29, 0.717) is 40.4 Å². The van der Waals surface area contributed by atoms with Crippen LogP contribution in [-0.4, -0.2) is 80.7 Å². The van der Waals surface area contributed by atoms with E-state index in [1.807, 2.05) is 18.7 Å². The molecule has 0 saturated carbocycles. The van der Waals surface area contributed by atoms with Crippen molar-refractivity contribution in [2.24, 2.45) is 5.73 Å². The second kappa shape index (κ2) is 11.4. The highest BCUT2D eigenvalue weighted by atomic mass is 32.1. The largest absolute Gasteiger partial charge is 0.573 e. The number of thiazole rings is 1. The average molecular weight is 610 g/mol. The molecule has 1 atom stereocenters. The molecule has 3 aromatic rings. The number of nitrogens with zero attached hydrogens (tertiary/aromatic N) is 4. The van der Waals surface area contributed by atoms with Gasteiger partial charge in [0, 0.05) is 40.3 Å². The van der Waals surface area contributed by atoms with Crippen molar-refractivity contribution in [1.29, 1.82) is 0 Å². The fourth-order valence-corrected chi connectivity index (χ4v) is 5.40. The third-order valence-electron chi connectivity index (χ3n) is 6.68. The van der Waals surface area contributed by atoms with E-state index >= 15 is 0 Å². The monoisotopic (exact) mass is 609 g/mol. The molecule has 0 aliphatic carbocycles. The molecule has 4 rings (SSSR count). The Hall–Kier alpha value is -4.47. The van der Waals surface area contributed by atoms with Crippen molar-refractivity contribution in [3.8, 4) is 5.75 Å². The number of nitrogens with two attached hydrogens (primary N) is 1. The molecule has 2 heterocycles. The van der Waals surface area contributed by atoms with Gasteiger partial charge in [0.2, 0.25) is 0 Å². The minimum absolute atomic E-state index is 0.169. The number of nitrogens with one attached hydrogen (secondary N) is 2. The van der Waals surface area contributed by atoms with Gasteiger partial charge in [-0.15, -0.1) is 13.2 Å². The summed E-state index contributed by atoms with van der Waals surface area (Å²) in [6.45, 7) is 4.48. The van der Waals surface area contributed by atoms with E-state index in [1.54, 1.807) is 32.1 Å². The van der Waals surface area contributed by atoms with Gasteiger partial charge >= 0.3 is 12.3 Å². The van der Waals surface area contributed by atoms with Crippen LogP contribution in [0.5, 0.6) is 5.75 Å². The first kappa shape index (κ1) is 30.5. The topological polar surface area (TPSA) is 142 Å². The minimum Gasteiger partial charge on any atom is -0.452 e. The van der Waals surface area contributed by atoms with Gasteiger partial charge in [-0.1, -0.05) is 11.3 Å².